The topological polar surface area (TPSA) is 58.4 Å². The van der Waals surface area contributed by atoms with E-state index in [1.165, 1.54) is 5.56 Å². The average molecular weight is 473 g/mol. The molecule has 5 rings (SSSR count). The van der Waals surface area contributed by atoms with Crippen LogP contribution in [-0.4, -0.2) is 51.4 Å². The summed E-state index contributed by atoms with van der Waals surface area (Å²) in [5.41, 5.74) is 2.60. The summed E-state index contributed by atoms with van der Waals surface area (Å²) in [6, 6.07) is 23.0. The molecule has 1 aliphatic heterocycles. The van der Waals surface area contributed by atoms with Crippen molar-refractivity contribution in [3.8, 4) is 0 Å². The Morgan fingerprint density at radius 3 is 2.29 bits per heavy atom. The van der Waals surface area contributed by atoms with Crippen molar-refractivity contribution in [3.63, 3.8) is 0 Å². The lowest BCUT2D eigenvalue weighted by Gasteiger charge is -2.34. The molecule has 2 aromatic heterocycles. The zero-order chi connectivity index (χ0) is 23.5. The predicted octanol–water partition coefficient (Wildman–Crippen LogP) is 4.06. The van der Waals surface area contributed by atoms with Gasteiger partial charge in [0.05, 0.1) is 6.54 Å². The summed E-state index contributed by atoms with van der Waals surface area (Å²) in [6.07, 6.45) is 1.66. The molecule has 0 aliphatic carbocycles. The zero-order valence-electron chi connectivity index (χ0n) is 18.7. The molecule has 6 nitrogen and oxygen atoms in total. The molecule has 0 spiro atoms. The standard InChI is InChI=1S/C27H25ClN4O2/c28-23-10-8-21(9-11-23)19-32-25-22(7-4-12-29-25)17-24(27(32)34)26(33)31-15-13-30(14-16-31)18-20-5-2-1-3-6-20/h1-12,17H,13-16,18-19H2. The van der Waals surface area contributed by atoms with Gasteiger partial charge in [-0.2, -0.15) is 0 Å². The Hall–Kier alpha value is -3.48. The van der Waals surface area contributed by atoms with Crippen LogP contribution in [0.15, 0.2) is 83.8 Å². The first-order chi connectivity index (χ1) is 16.6. The average Bonchev–Trinajstić information content (AvgIpc) is 2.87. The van der Waals surface area contributed by atoms with Crippen LogP contribution in [0.1, 0.15) is 21.5 Å². The van der Waals surface area contributed by atoms with Gasteiger partial charge in [0.2, 0.25) is 0 Å². The predicted molar refractivity (Wildman–Crippen MR) is 134 cm³/mol. The minimum atomic E-state index is -0.321. The summed E-state index contributed by atoms with van der Waals surface area (Å²) < 4.78 is 1.58. The fourth-order valence-electron chi connectivity index (χ4n) is 4.40. The molecule has 34 heavy (non-hydrogen) atoms. The van der Waals surface area contributed by atoms with Crippen molar-refractivity contribution in [2.45, 2.75) is 13.1 Å². The van der Waals surface area contributed by atoms with E-state index in [0.717, 1.165) is 30.6 Å². The smallest absolute Gasteiger partial charge is 0.265 e. The van der Waals surface area contributed by atoms with E-state index in [4.69, 9.17) is 11.6 Å². The van der Waals surface area contributed by atoms with Crippen LogP contribution in [0.25, 0.3) is 11.0 Å². The Labute approximate surface area is 203 Å². The molecule has 172 valence electrons. The number of piperazine rings is 1. The summed E-state index contributed by atoms with van der Waals surface area (Å²) >= 11 is 6.01. The maximum Gasteiger partial charge on any atom is 0.265 e. The second-order valence-electron chi connectivity index (χ2n) is 8.55. The molecule has 7 heteroatoms. The van der Waals surface area contributed by atoms with E-state index in [0.29, 0.717) is 30.3 Å². The van der Waals surface area contributed by atoms with Crippen LogP contribution in [0, 0.1) is 0 Å². The normalized spacial score (nSPS) is 14.4. The van der Waals surface area contributed by atoms with E-state index < -0.39 is 0 Å². The molecule has 3 heterocycles. The van der Waals surface area contributed by atoms with Crippen molar-refractivity contribution in [2.75, 3.05) is 26.2 Å². The van der Waals surface area contributed by atoms with Crippen LogP contribution in [0.5, 0.6) is 0 Å². The van der Waals surface area contributed by atoms with Crippen molar-refractivity contribution in [1.29, 1.82) is 0 Å². The van der Waals surface area contributed by atoms with E-state index in [-0.39, 0.29) is 17.0 Å². The maximum absolute atomic E-state index is 13.5. The number of carbonyl (C=O) groups excluding carboxylic acids is 1. The number of carbonyl (C=O) groups is 1. The van der Waals surface area contributed by atoms with Gasteiger partial charge in [0.15, 0.2) is 0 Å². The third-order valence-corrected chi connectivity index (χ3v) is 6.49. The van der Waals surface area contributed by atoms with E-state index in [1.54, 1.807) is 33.9 Å². The Bertz CT molecular complexity index is 1360. The SMILES string of the molecule is O=C(c1cc2cccnc2n(Cc2ccc(Cl)cc2)c1=O)N1CCN(Cc2ccccc2)CC1. The van der Waals surface area contributed by atoms with Gasteiger partial charge in [-0.1, -0.05) is 54.1 Å². The summed E-state index contributed by atoms with van der Waals surface area (Å²) in [5.74, 6) is -0.222. The highest BCUT2D eigenvalue weighted by molar-refractivity contribution is 6.30. The molecule has 0 unspecified atom stereocenters. The number of halogens is 1. The number of fused-ring (bicyclic) bond motifs is 1. The maximum atomic E-state index is 13.5. The molecule has 1 aliphatic rings. The van der Waals surface area contributed by atoms with Crippen molar-refractivity contribution < 1.29 is 4.79 Å². The summed E-state index contributed by atoms with van der Waals surface area (Å²) in [7, 11) is 0. The monoisotopic (exact) mass is 472 g/mol. The van der Waals surface area contributed by atoms with Gasteiger partial charge in [0.25, 0.3) is 11.5 Å². The minimum absolute atomic E-state index is 0.186. The number of rotatable bonds is 5. The number of nitrogens with zero attached hydrogens (tertiary/aromatic N) is 4. The van der Waals surface area contributed by atoms with Gasteiger partial charge in [-0.3, -0.25) is 19.1 Å². The molecule has 1 amide bonds. The zero-order valence-corrected chi connectivity index (χ0v) is 19.5. The van der Waals surface area contributed by atoms with Crippen LogP contribution in [-0.2, 0) is 13.1 Å². The lowest BCUT2D eigenvalue weighted by atomic mass is 10.1. The van der Waals surface area contributed by atoms with Crippen LogP contribution >= 0.6 is 11.6 Å². The first-order valence-corrected chi connectivity index (χ1v) is 11.7. The van der Waals surface area contributed by atoms with Gasteiger partial charge < -0.3 is 4.90 Å². The Morgan fingerprint density at radius 1 is 0.853 bits per heavy atom. The Morgan fingerprint density at radius 2 is 1.56 bits per heavy atom. The highest BCUT2D eigenvalue weighted by Gasteiger charge is 2.25. The molecule has 2 aromatic carbocycles. The number of hydrogen-bond acceptors (Lipinski definition) is 4. The minimum Gasteiger partial charge on any atom is -0.336 e. The number of pyridine rings is 2. The van der Waals surface area contributed by atoms with E-state index in [2.05, 4.69) is 22.0 Å². The number of amides is 1. The van der Waals surface area contributed by atoms with Crippen molar-refractivity contribution in [3.05, 3.63) is 111 Å². The molecule has 0 atom stereocenters. The first kappa shape index (κ1) is 22.3. The van der Waals surface area contributed by atoms with Crippen LogP contribution < -0.4 is 5.56 Å². The van der Waals surface area contributed by atoms with Crippen molar-refractivity contribution in [1.82, 2.24) is 19.4 Å². The number of hydrogen-bond donors (Lipinski definition) is 0. The number of benzene rings is 2. The molecular weight excluding hydrogens is 448 g/mol. The van der Waals surface area contributed by atoms with Crippen molar-refractivity contribution >= 4 is 28.5 Å². The molecular formula is C27H25ClN4O2. The summed E-state index contributed by atoms with van der Waals surface area (Å²) in [6.45, 7) is 3.90. The van der Waals surface area contributed by atoms with Crippen molar-refractivity contribution in [2.24, 2.45) is 0 Å². The second-order valence-corrected chi connectivity index (χ2v) is 8.98. The molecule has 1 saturated heterocycles. The second kappa shape index (κ2) is 9.79. The highest BCUT2D eigenvalue weighted by Crippen LogP contribution is 2.17. The first-order valence-electron chi connectivity index (χ1n) is 11.4. The van der Waals surface area contributed by atoms with E-state index >= 15 is 0 Å². The van der Waals surface area contributed by atoms with Gasteiger partial charge in [-0.25, -0.2) is 4.98 Å². The van der Waals surface area contributed by atoms with Crippen LogP contribution in [0.3, 0.4) is 0 Å². The van der Waals surface area contributed by atoms with Crippen LogP contribution in [0.4, 0.5) is 0 Å². The summed E-state index contributed by atoms with van der Waals surface area (Å²) in [5, 5.41) is 1.40. The van der Waals surface area contributed by atoms with Gasteiger partial charge in [0.1, 0.15) is 11.2 Å². The Kier molecular flexibility index (Phi) is 6.43. The fraction of sp³-hybridized carbons (Fsp3) is 0.222. The Balaban J connectivity index is 1.39. The molecule has 0 radical (unpaired) electrons. The molecule has 0 bridgehead atoms. The van der Waals surface area contributed by atoms with Gasteiger partial charge >= 0.3 is 0 Å². The fourth-order valence-corrected chi connectivity index (χ4v) is 4.53. The van der Waals surface area contributed by atoms with Gasteiger partial charge in [-0.05, 0) is 41.5 Å². The molecule has 1 fully saturated rings. The third-order valence-electron chi connectivity index (χ3n) is 6.24. The van der Waals surface area contributed by atoms with E-state index in [1.807, 2.05) is 42.5 Å². The largest absolute Gasteiger partial charge is 0.336 e. The lowest BCUT2D eigenvalue weighted by Crippen LogP contribution is -2.49. The van der Waals surface area contributed by atoms with Gasteiger partial charge in [-0.15, -0.1) is 0 Å². The van der Waals surface area contributed by atoms with Crippen LogP contribution in [0.2, 0.25) is 5.02 Å². The third kappa shape index (κ3) is 4.74. The quantitative estimate of drug-likeness (QED) is 0.439. The van der Waals surface area contributed by atoms with Gasteiger partial charge in [0, 0.05) is 49.3 Å². The number of aromatic nitrogens is 2. The summed E-state index contributed by atoms with van der Waals surface area (Å²) in [4.78, 5) is 35.5. The highest BCUT2D eigenvalue weighted by atomic mass is 35.5. The molecule has 0 N–H and O–H groups in total. The lowest BCUT2D eigenvalue weighted by molar-refractivity contribution is 0.0626. The molecule has 4 aromatic rings. The van der Waals surface area contributed by atoms with E-state index in [9.17, 15) is 9.59 Å². The molecule has 0 saturated carbocycles.